The Bertz CT molecular complexity index is 1210. The highest BCUT2D eigenvalue weighted by Crippen LogP contribution is 2.27. The first-order chi connectivity index (χ1) is 16.4. The molecule has 0 saturated carbocycles. The zero-order chi connectivity index (χ0) is 24.1. The number of benzene rings is 3. The molecule has 34 heavy (non-hydrogen) atoms. The molecule has 0 aromatic heterocycles. The number of ether oxygens (including phenoxy) is 1. The van der Waals surface area contributed by atoms with Gasteiger partial charge in [0.05, 0.1) is 24.0 Å². The molecule has 0 bridgehead atoms. The molecule has 178 valence electrons. The highest BCUT2D eigenvalue weighted by Gasteiger charge is 2.34. The number of nitrogens with one attached hydrogen (secondary N) is 1. The number of rotatable bonds is 7. The third kappa shape index (κ3) is 5.32. The van der Waals surface area contributed by atoms with Crippen LogP contribution in [0, 0.1) is 12.8 Å². The summed E-state index contributed by atoms with van der Waals surface area (Å²) in [7, 11) is -2.15. The lowest BCUT2D eigenvalue weighted by Crippen LogP contribution is -2.46. The lowest BCUT2D eigenvalue weighted by molar-refractivity contribution is -0.126. The largest absolute Gasteiger partial charge is 0.497 e. The van der Waals surface area contributed by atoms with Gasteiger partial charge in [0.1, 0.15) is 5.75 Å². The Kier molecular flexibility index (Phi) is 7.34. The lowest BCUT2D eigenvalue weighted by Gasteiger charge is -2.32. The molecule has 7 heteroatoms. The topological polar surface area (TPSA) is 75.7 Å². The van der Waals surface area contributed by atoms with E-state index in [0.717, 1.165) is 16.7 Å². The zero-order valence-corrected chi connectivity index (χ0v) is 20.3. The third-order valence-electron chi connectivity index (χ3n) is 6.28. The minimum Gasteiger partial charge on any atom is -0.497 e. The number of methoxy groups -OCH3 is 1. The molecule has 1 saturated heterocycles. The molecular weight excluding hydrogens is 448 g/mol. The monoisotopic (exact) mass is 478 g/mol. The van der Waals surface area contributed by atoms with Crippen molar-refractivity contribution >= 4 is 15.9 Å². The van der Waals surface area contributed by atoms with Crippen molar-refractivity contribution in [2.75, 3.05) is 20.2 Å². The SMILES string of the molecule is COc1ccc(S(=O)(=O)N2CCC[C@H](C(=O)N[C@@H](c3ccccc3)c3ccc(C)cc3)C2)cc1. The average Bonchev–Trinajstić information content (AvgIpc) is 2.88. The van der Waals surface area contributed by atoms with Gasteiger partial charge in [0.15, 0.2) is 0 Å². The number of sulfonamides is 1. The van der Waals surface area contributed by atoms with Gasteiger partial charge in [-0.25, -0.2) is 8.42 Å². The van der Waals surface area contributed by atoms with Crippen LogP contribution < -0.4 is 10.1 Å². The van der Waals surface area contributed by atoms with Crippen molar-refractivity contribution in [1.82, 2.24) is 9.62 Å². The molecule has 1 heterocycles. The molecule has 1 aliphatic heterocycles. The number of aryl methyl sites for hydroxylation is 1. The van der Waals surface area contributed by atoms with Gasteiger partial charge in [-0.05, 0) is 55.2 Å². The zero-order valence-electron chi connectivity index (χ0n) is 19.5. The maximum atomic E-state index is 13.4. The fourth-order valence-electron chi connectivity index (χ4n) is 4.30. The summed E-state index contributed by atoms with van der Waals surface area (Å²) in [6.45, 7) is 2.59. The summed E-state index contributed by atoms with van der Waals surface area (Å²) in [5.74, 6) is 0.0420. The highest BCUT2D eigenvalue weighted by molar-refractivity contribution is 7.89. The van der Waals surface area contributed by atoms with Gasteiger partial charge >= 0.3 is 0 Å². The Morgan fingerprint density at radius 2 is 1.62 bits per heavy atom. The molecule has 3 aromatic rings. The molecule has 0 spiro atoms. The smallest absolute Gasteiger partial charge is 0.243 e. The van der Waals surface area contributed by atoms with Crippen LogP contribution in [-0.4, -0.2) is 38.8 Å². The Hall–Kier alpha value is -3.16. The van der Waals surface area contributed by atoms with Gasteiger partial charge in [-0.1, -0.05) is 60.2 Å². The molecule has 1 N–H and O–H groups in total. The van der Waals surface area contributed by atoms with Crippen LogP contribution in [0.5, 0.6) is 5.75 Å². The predicted molar refractivity (Wildman–Crippen MR) is 132 cm³/mol. The Balaban J connectivity index is 1.52. The van der Waals surface area contributed by atoms with E-state index in [2.05, 4.69) is 5.32 Å². The maximum absolute atomic E-state index is 13.4. The second-order valence-electron chi connectivity index (χ2n) is 8.64. The first kappa shape index (κ1) is 24.0. The number of hydrogen-bond acceptors (Lipinski definition) is 4. The number of carbonyl (C=O) groups excluding carboxylic acids is 1. The molecule has 0 unspecified atom stereocenters. The molecule has 1 amide bonds. The van der Waals surface area contributed by atoms with Crippen LogP contribution in [0.3, 0.4) is 0 Å². The summed E-state index contributed by atoms with van der Waals surface area (Å²) in [4.78, 5) is 13.6. The van der Waals surface area contributed by atoms with Crippen molar-refractivity contribution in [3.05, 3.63) is 95.6 Å². The van der Waals surface area contributed by atoms with Crippen LogP contribution in [0.4, 0.5) is 0 Å². The fraction of sp³-hybridized carbons (Fsp3) is 0.296. The first-order valence-electron chi connectivity index (χ1n) is 11.4. The number of piperidine rings is 1. The summed E-state index contributed by atoms with van der Waals surface area (Å²) in [6, 6.07) is 24.0. The van der Waals surface area contributed by atoms with Gasteiger partial charge in [0.25, 0.3) is 0 Å². The van der Waals surface area contributed by atoms with E-state index in [1.54, 1.807) is 24.3 Å². The van der Waals surface area contributed by atoms with E-state index in [4.69, 9.17) is 4.74 Å². The van der Waals surface area contributed by atoms with Crippen molar-refractivity contribution in [3.8, 4) is 5.75 Å². The predicted octanol–water partition coefficient (Wildman–Crippen LogP) is 4.31. The van der Waals surface area contributed by atoms with E-state index < -0.39 is 15.9 Å². The van der Waals surface area contributed by atoms with E-state index in [1.165, 1.54) is 11.4 Å². The number of carbonyl (C=O) groups is 1. The number of hydrogen-bond donors (Lipinski definition) is 1. The third-order valence-corrected chi connectivity index (χ3v) is 8.16. The highest BCUT2D eigenvalue weighted by atomic mass is 32.2. The second-order valence-corrected chi connectivity index (χ2v) is 10.6. The van der Waals surface area contributed by atoms with Crippen molar-refractivity contribution in [1.29, 1.82) is 0 Å². The van der Waals surface area contributed by atoms with Crippen molar-refractivity contribution in [3.63, 3.8) is 0 Å². The normalized spacial score (nSPS) is 17.6. The van der Waals surface area contributed by atoms with Gasteiger partial charge < -0.3 is 10.1 Å². The molecular formula is C27H30N2O4S. The molecule has 0 aliphatic carbocycles. The van der Waals surface area contributed by atoms with Crippen LogP contribution in [-0.2, 0) is 14.8 Å². The van der Waals surface area contributed by atoms with Crippen LogP contribution in [0.15, 0.2) is 83.8 Å². The Morgan fingerprint density at radius 1 is 0.971 bits per heavy atom. The van der Waals surface area contributed by atoms with Gasteiger partial charge in [0.2, 0.25) is 15.9 Å². The Labute approximate surface area is 201 Å². The summed E-state index contributed by atoms with van der Waals surface area (Å²) in [6.07, 6.45) is 1.28. The number of amides is 1. The van der Waals surface area contributed by atoms with Crippen LogP contribution in [0.25, 0.3) is 0 Å². The summed E-state index contributed by atoms with van der Waals surface area (Å²) in [5, 5.41) is 3.19. The van der Waals surface area contributed by atoms with E-state index in [-0.39, 0.29) is 23.4 Å². The fourth-order valence-corrected chi connectivity index (χ4v) is 5.82. The molecule has 3 aromatic carbocycles. The average molecular weight is 479 g/mol. The van der Waals surface area contributed by atoms with Gasteiger partial charge in [0, 0.05) is 13.1 Å². The minimum atomic E-state index is -3.69. The first-order valence-corrected chi connectivity index (χ1v) is 12.9. The van der Waals surface area contributed by atoms with E-state index in [9.17, 15) is 13.2 Å². The van der Waals surface area contributed by atoms with Crippen LogP contribution in [0.2, 0.25) is 0 Å². The Morgan fingerprint density at radius 3 is 2.26 bits per heavy atom. The van der Waals surface area contributed by atoms with Crippen LogP contribution in [0.1, 0.15) is 35.6 Å². The van der Waals surface area contributed by atoms with E-state index in [0.29, 0.717) is 25.1 Å². The van der Waals surface area contributed by atoms with E-state index in [1.807, 2.05) is 61.5 Å². The van der Waals surface area contributed by atoms with Gasteiger partial charge in [-0.3, -0.25) is 4.79 Å². The molecule has 2 atom stereocenters. The molecule has 0 radical (unpaired) electrons. The summed E-state index contributed by atoms with van der Waals surface area (Å²) < 4.78 is 33.0. The van der Waals surface area contributed by atoms with Crippen molar-refractivity contribution in [2.24, 2.45) is 5.92 Å². The summed E-state index contributed by atoms with van der Waals surface area (Å²) >= 11 is 0. The number of nitrogens with zero attached hydrogens (tertiary/aromatic N) is 1. The van der Waals surface area contributed by atoms with Crippen LogP contribution >= 0.6 is 0 Å². The van der Waals surface area contributed by atoms with Crippen molar-refractivity contribution in [2.45, 2.75) is 30.7 Å². The lowest BCUT2D eigenvalue weighted by atomic mass is 9.94. The standard InChI is InChI=1S/C27H30N2O4S/c1-20-10-12-22(13-11-20)26(21-7-4-3-5-8-21)28-27(30)23-9-6-18-29(19-23)34(31,32)25-16-14-24(33-2)15-17-25/h3-5,7-8,10-17,23,26H,6,9,18-19H2,1-2H3,(H,28,30)/t23-,26-/m0/s1. The second kappa shape index (κ2) is 10.4. The molecule has 6 nitrogen and oxygen atoms in total. The molecule has 4 rings (SSSR count). The molecule has 1 aliphatic rings. The summed E-state index contributed by atoms with van der Waals surface area (Å²) in [5.41, 5.74) is 3.12. The quantitative estimate of drug-likeness (QED) is 0.549. The maximum Gasteiger partial charge on any atom is 0.243 e. The van der Waals surface area contributed by atoms with Crippen molar-refractivity contribution < 1.29 is 17.9 Å². The van der Waals surface area contributed by atoms with Gasteiger partial charge in [-0.15, -0.1) is 0 Å². The minimum absolute atomic E-state index is 0.135. The molecule has 1 fully saturated rings. The van der Waals surface area contributed by atoms with Gasteiger partial charge in [-0.2, -0.15) is 4.31 Å². The van der Waals surface area contributed by atoms with E-state index >= 15 is 0 Å².